The van der Waals surface area contributed by atoms with Gasteiger partial charge in [0.1, 0.15) is 24.0 Å². The van der Waals surface area contributed by atoms with Crippen molar-refractivity contribution in [2.24, 2.45) is 0 Å². The van der Waals surface area contributed by atoms with Crippen LogP contribution in [0.2, 0.25) is 10.0 Å². The third-order valence-corrected chi connectivity index (χ3v) is 9.01. The van der Waals surface area contributed by atoms with Gasteiger partial charge in [-0.25, -0.2) is 19.6 Å². The fraction of sp³-hybridized carbons (Fsp3) is 0.270. The smallest absolute Gasteiger partial charge is 0.410 e. The minimum absolute atomic E-state index is 0.0863. The Hall–Kier alpha value is -4.93. The normalized spacial score (nSPS) is 15.1. The maximum Gasteiger partial charge on any atom is 0.410 e. The van der Waals surface area contributed by atoms with Gasteiger partial charge in [-0.2, -0.15) is 0 Å². The summed E-state index contributed by atoms with van der Waals surface area (Å²) < 4.78 is 13.0. The van der Waals surface area contributed by atoms with E-state index in [4.69, 9.17) is 37.7 Å². The minimum atomic E-state index is -0.991. The quantitative estimate of drug-likeness (QED) is 0.150. The van der Waals surface area contributed by atoms with Crippen molar-refractivity contribution in [3.8, 4) is 5.69 Å². The first kappa shape index (κ1) is 34.0. The number of esters is 1. The first-order valence-electron chi connectivity index (χ1n) is 16.2. The number of carbonyl (C=O) groups excluding carboxylic acids is 3. The lowest BCUT2D eigenvalue weighted by atomic mass is 10.0. The molecule has 1 N–H and O–H groups in total. The number of ether oxygens (including phenoxy) is 2. The number of aromatic nitrogens is 3. The van der Waals surface area contributed by atoms with Gasteiger partial charge in [0.15, 0.2) is 5.65 Å². The molecular formula is C37H35Cl2N5O5. The van der Waals surface area contributed by atoms with Crippen LogP contribution in [0.3, 0.4) is 0 Å². The number of benzene rings is 3. The summed E-state index contributed by atoms with van der Waals surface area (Å²) in [6.45, 7) is 2.59. The predicted octanol–water partition coefficient (Wildman–Crippen LogP) is 7.50. The van der Waals surface area contributed by atoms with Gasteiger partial charge in [0.2, 0.25) is 0 Å². The van der Waals surface area contributed by atoms with Crippen LogP contribution < -0.4 is 5.32 Å². The van der Waals surface area contributed by atoms with Crippen molar-refractivity contribution in [1.82, 2.24) is 24.8 Å². The van der Waals surface area contributed by atoms with Gasteiger partial charge in [0.25, 0.3) is 5.91 Å². The van der Waals surface area contributed by atoms with Crippen molar-refractivity contribution in [1.29, 1.82) is 0 Å². The molecule has 3 heterocycles. The lowest BCUT2D eigenvalue weighted by molar-refractivity contribution is -0.145. The monoisotopic (exact) mass is 699 g/mol. The summed E-state index contributed by atoms with van der Waals surface area (Å²) in [7, 11) is 0. The van der Waals surface area contributed by atoms with E-state index < -0.39 is 17.9 Å². The van der Waals surface area contributed by atoms with Gasteiger partial charge < -0.3 is 14.8 Å². The Morgan fingerprint density at radius 1 is 0.898 bits per heavy atom. The highest BCUT2D eigenvalue weighted by Gasteiger charge is 2.34. The van der Waals surface area contributed by atoms with Crippen molar-refractivity contribution in [2.45, 2.75) is 51.3 Å². The lowest BCUT2D eigenvalue weighted by Crippen LogP contribution is -2.43. The van der Waals surface area contributed by atoms with Crippen LogP contribution in [-0.2, 0) is 27.3 Å². The molecule has 1 fully saturated rings. The van der Waals surface area contributed by atoms with E-state index in [1.165, 1.54) is 0 Å². The van der Waals surface area contributed by atoms with Gasteiger partial charge in [-0.05, 0) is 73.7 Å². The van der Waals surface area contributed by atoms with Crippen LogP contribution in [0.15, 0.2) is 91.1 Å². The van der Waals surface area contributed by atoms with Crippen molar-refractivity contribution in [3.63, 3.8) is 0 Å². The molecule has 2 amide bonds. The average molecular weight is 701 g/mol. The largest absolute Gasteiger partial charge is 0.464 e. The molecule has 2 atom stereocenters. The molecule has 1 aliphatic rings. The molecule has 252 valence electrons. The molecule has 49 heavy (non-hydrogen) atoms. The van der Waals surface area contributed by atoms with Gasteiger partial charge in [-0.3, -0.25) is 14.3 Å². The van der Waals surface area contributed by atoms with E-state index in [9.17, 15) is 14.4 Å². The number of halogens is 2. The molecule has 0 spiro atoms. The van der Waals surface area contributed by atoms with Crippen LogP contribution in [-0.4, -0.2) is 56.6 Å². The topological polar surface area (TPSA) is 116 Å². The first-order chi connectivity index (χ1) is 23.8. The number of hydrogen-bond donors (Lipinski definition) is 1. The molecule has 0 unspecified atom stereocenters. The van der Waals surface area contributed by atoms with E-state index in [-0.39, 0.29) is 47.4 Å². The van der Waals surface area contributed by atoms with Crippen LogP contribution in [0.1, 0.15) is 59.5 Å². The number of fused-ring (bicyclic) bond motifs is 1. The molecule has 6 rings (SSSR count). The molecule has 12 heteroatoms. The molecule has 1 aliphatic heterocycles. The number of nitrogens with zero attached hydrogens (tertiary/aromatic N) is 4. The third-order valence-electron chi connectivity index (χ3n) is 8.38. The van der Waals surface area contributed by atoms with Crippen molar-refractivity contribution in [3.05, 3.63) is 124 Å². The highest BCUT2D eigenvalue weighted by molar-refractivity contribution is 6.39. The molecule has 1 saturated heterocycles. The number of piperidine rings is 1. The second-order valence-corrected chi connectivity index (χ2v) is 12.5. The van der Waals surface area contributed by atoms with E-state index in [0.29, 0.717) is 23.5 Å². The average Bonchev–Trinajstić information content (AvgIpc) is 3.51. The van der Waals surface area contributed by atoms with Crippen LogP contribution in [0, 0.1) is 0 Å². The molecule has 10 nitrogen and oxygen atoms in total. The van der Waals surface area contributed by atoms with Gasteiger partial charge >= 0.3 is 12.1 Å². The zero-order valence-electron chi connectivity index (χ0n) is 26.9. The number of imidazole rings is 1. The Kier molecular flexibility index (Phi) is 10.8. The van der Waals surface area contributed by atoms with Gasteiger partial charge in [-0.15, -0.1) is 0 Å². The van der Waals surface area contributed by atoms with Gasteiger partial charge in [-0.1, -0.05) is 71.7 Å². The van der Waals surface area contributed by atoms with E-state index in [0.717, 1.165) is 36.1 Å². The highest BCUT2D eigenvalue weighted by atomic mass is 35.5. The van der Waals surface area contributed by atoms with Crippen molar-refractivity contribution < 1.29 is 23.9 Å². The Morgan fingerprint density at radius 2 is 1.65 bits per heavy atom. The summed E-state index contributed by atoms with van der Waals surface area (Å²) in [6, 6.07) is 24.3. The molecule has 5 aromatic rings. The number of nitrogens with one attached hydrogen (secondary N) is 1. The van der Waals surface area contributed by atoms with Crippen LogP contribution in [0.4, 0.5) is 4.79 Å². The fourth-order valence-corrected chi connectivity index (χ4v) is 6.60. The van der Waals surface area contributed by atoms with Gasteiger partial charge in [0.05, 0.1) is 28.3 Å². The summed E-state index contributed by atoms with van der Waals surface area (Å²) in [6.07, 6.45) is 4.00. The number of hydrogen-bond acceptors (Lipinski definition) is 7. The van der Waals surface area contributed by atoms with Crippen LogP contribution in [0.5, 0.6) is 0 Å². The predicted molar refractivity (Wildman–Crippen MR) is 187 cm³/mol. The summed E-state index contributed by atoms with van der Waals surface area (Å²) >= 11 is 12.5. The highest BCUT2D eigenvalue weighted by Crippen LogP contribution is 2.34. The molecular weight excluding hydrogens is 665 g/mol. The Balaban J connectivity index is 1.27. The molecule has 0 saturated carbocycles. The van der Waals surface area contributed by atoms with Crippen molar-refractivity contribution >= 4 is 52.3 Å². The van der Waals surface area contributed by atoms with E-state index in [1.54, 1.807) is 36.2 Å². The SMILES string of the molecule is CCOC(=O)[C@H](Cc1ccc(-n2c([C@@H]3CCCCN3C(=O)OCc3ccccc3)nc3cccnc32)cc1)NC(=O)c1c(Cl)cccc1Cl. The molecule has 3 aromatic carbocycles. The Labute approximate surface area is 294 Å². The molecule has 0 radical (unpaired) electrons. The number of amides is 2. The van der Waals surface area contributed by atoms with E-state index in [1.807, 2.05) is 71.3 Å². The minimum Gasteiger partial charge on any atom is -0.464 e. The number of carbonyl (C=O) groups is 3. The van der Waals surface area contributed by atoms with Crippen molar-refractivity contribution in [2.75, 3.05) is 13.2 Å². The molecule has 0 aliphatic carbocycles. The number of likely N-dealkylation sites (tertiary alicyclic amines) is 1. The molecule has 2 aromatic heterocycles. The molecule has 0 bridgehead atoms. The summed E-state index contributed by atoms with van der Waals surface area (Å²) in [5.74, 6) is -0.469. The fourth-order valence-electron chi connectivity index (χ4n) is 6.03. The first-order valence-corrected chi connectivity index (χ1v) is 16.9. The summed E-state index contributed by atoms with van der Waals surface area (Å²) in [5.41, 5.74) is 3.91. The summed E-state index contributed by atoms with van der Waals surface area (Å²) in [5, 5.41) is 3.10. The zero-order valence-corrected chi connectivity index (χ0v) is 28.4. The summed E-state index contributed by atoms with van der Waals surface area (Å²) in [4.78, 5) is 50.9. The van der Waals surface area contributed by atoms with Crippen LogP contribution >= 0.6 is 23.2 Å². The Morgan fingerprint density at radius 3 is 2.39 bits per heavy atom. The standard InChI is InChI=1S/C37H35Cl2N5O5/c1-2-48-36(46)30(42-35(45)32-27(38)12-8-13-28(32)39)22-24-16-18-26(19-17-24)44-33-29(14-9-20-40-33)41-34(44)31-15-6-7-21-43(31)37(47)49-23-25-10-4-3-5-11-25/h3-5,8-14,16-20,30-31H,2,6-7,15,21-23H2,1H3,(H,42,45)/t30-,31-/m0/s1. The van der Waals surface area contributed by atoms with Crippen LogP contribution in [0.25, 0.3) is 16.9 Å². The lowest BCUT2D eigenvalue weighted by Gasteiger charge is -2.34. The Bertz CT molecular complexity index is 1930. The maximum atomic E-state index is 13.4. The van der Waals surface area contributed by atoms with E-state index in [2.05, 4.69) is 10.3 Å². The second kappa shape index (κ2) is 15.5. The second-order valence-electron chi connectivity index (χ2n) is 11.6. The maximum absolute atomic E-state index is 13.4. The number of rotatable bonds is 10. The number of pyridine rings is 1. The van der Waals surface area contributed by atoms with E-state index >= 15 is 0 Å². The third kappa shape index (κ3) is 7.71. The van der Waals surface area contributed by atoms with Gasteiger partial charge in [0, 0.05) is 24.8 Å². The zero-order chi connectivity index (χ0) is 34.3.